The van der Waals surface area contributed by atoms with Crippen molar-refractivity contribution in [3.05, 3.63) is 59.8 Å². The van der Waals surface area contributed by atoms with Crippen LogP contribution in [0.4, 0.5) is 29.1 Å². The maximum Gasteiger partial charge on any atom is 0.435 e. The second-order valence-electron chi connectivity index (χ2n) is 10.2. The molecular weight excluding hydrogens is 628 g/mol. The van der Waals surface area contributed by atoms with E-state index >= 15 is 0 Å². The van der Waals surface area contributed by atoms with Gasteiger partial charge in [-0.3, -0.25) is 23.6 Å². The van der Waals surface area contributed by atoms with Crippen molar-refractivity contribution in [2.75, 3.05) is 64.6 Å². The summed E-state index contributed by atoms with van der Waals surface area (Å²) in [5.41, 5.74) is 1.03. The molecule has 1 amide bonds. The fraction of sp³-hybridized carbons (Fsp3) is 0.433. The van der Waals surface area contributed by atoms with E-state index in [-0.39, 0.29) is 35.8 Å². The van der Waals surface area contributed by atoms with Crippen molar-refractivity contribution >= 4 is 29.5 Å². The summed E-state index contributed by atoms with van der Waals surface area (Å²) in [6.07, 6.45) is 1.23. The van der Waals surface area contributed by atoms with Crippen molar-refractivity contribution in [1.82, 2.24) is 34.4 Å². The molecule has 17 heteroatoms. The number of nitrogens with zero attached hydrogens (tertiary/aromatic N) is 6. The number of anilines is 2. The molecule has 4 aromatic rings. The van der Waals surface area contributed by atoms with E-state index in [1.54, 1.807) is 12.1 Å². The second-order valence-corrected chi connectivity index (χ2v) is 10.2. The van der Waals surface area contributed by atoms with Gasteiger partial charge in [-0.25, -0.2) is 14.4 Å². The van der Waals surface area contributed by atoms with Crippen molar-refractivity contribution in [2.24, 2.45) is 0 Å². The minimum absolute atomic E-state index is 0.134. The second kappa shape index (κ2) is 16.8. The lowest BCUT2D eigenvalue weighted by molar-refractivity contribution is -0.141. The molecule has 0 unspecified atom stereocenters. The van der Waals surface area contributed by atoms with Crippen LogP contribution in [-0.2, 0) is 33.4 Å². The normalized spacial score (nSPS) is 13.6. The van der Waals surface area contributed by atoms with Gasteiger partial charge in [-0.15, -0.1) is 0 Å². The van der Waals surface area contributed by atoms with Gasteiger partial charge in [0, 0.05) is 56.0 Å². The number of aromatic nitrogens is 5. The predicted octanol–water partition coefficient (Wildman–Crippen LogP) is 3.67. The highest BCUT2D eigenvalue weighted by Crippen LogP contribution is 2.37. The summed E-state index contributed by atoms with van der Waals surface area (Å²) in [7, 11) is 0. The van der Waals surface area contributed by atoms with Gasteiger partial charge in [0.25, 0.3) is 12.4 Å². The highest BCUT2D eigenvalue weighted by Gasteiger charge is 2.38. The van der Waals surface area contributed by atoms with E-state index in [0.717, 1.165) is 49.3 Å². The Kier molecular flexibility index (Phi) is 12.6. The van der Waals surface area contributed by atoms with Crippen LogP contribution in [0.1, 0.15) is 28.5 Å². The van der Waals surface area contributed by atoms with E-state index in [0.29, 0.717) is 43.2 Å². The number of hydrogen-bond acceptors (Lipinski definition) is 9. The third kappa shape index (κ3) is 9.24. The fourth-order valence-electron chi connectivity index (χ4n) is 5.00. The van der Waals surface area contributed by atoms with Crippen LogP contribution in [-0.4, -0.2) is 106 Å². The number of carbonyl (C=O) groups excluding carboxylic acids is 1. The van der Waals surface area contributed by atoms with Crippen molar-refractivity contribution in [3.8, 4) is 11.3 Å². The molecule has 0 aliphatic carbocycles. The summed E-state index contributed by atoms with van der Waals surface area (Å²) in [4.78, 5) is 32.2. The number of carbonyl (C=O) groups is 2. The van der Waals surface area contributed by atoms with Gasteiger partial charge in [-0.1, -0.05) is 6.92 Å². The Morgan fingerprint density at radius 3 is 2.64 bits per heavy atom. The third-order valence-corrected chi connectivity index (χ3v) is 7.23. The first-order valence-electron chi connectivity index (χ1n) is 14.9. The molecule has 0 bridgehead atoms. The lowest BCUT2D eigenvalue weighted by Crippen LogP contribution is -2.38. The van der Waals surface area contributed by atoms with Gasteiger partial charge in [-0.05, 0) is 30.2 Å². The summed E-state index contributed by atoms with van der Waals surface area (Å²) in [5, 5.41) is 16.5. The highest BCUT2D eigenvalue weighted by molar-refractivity contribution is 5.96. The molecule has 47 heavy (non-hydrogen) atoms. The average Bonchev–Trinajstić information content (AvgIpc) is 3.69. The molecule has 3 aromatic heterocycles. The lowest BCUT2D eigenvalue weighted by atomic mass is 10.0. The molecule has 4 heterocycles. The number of morpholine rings is 1. The van der Waals surface area contributed by atoms with Crippen LogP contribution in [0.5, 0.6) is 0 Å². The van der Waals surface area contributed by atoms with Gasteiger partial charge in [0.2, 0.25) is 0 Å². The average molecular weight is 665 g/mol. The van der Waals surface area contributed by atoms with Gasteiger partial charge in [-0.2, -0.15) is 18.3 Å². The highest BCUT2D eigenvalue weighted by atomic mass is 19.4. The monoisotopic (exact) mass is 664 g/mol. The van der Waals surface area contributed by atoms with Crippen LogP contribution >= 0.6 is 0 Å². The number of aryl methyl sites for hydroxylation is 2. The van der Waals surface area contributed by atoms with E-state index in [4.69, 9.17) is 19.4 Å². The number of amides is 1. The number of rotatable bonds is 13. The third-order valence-electron chi connectivity index (χ3n) is 7.23. The predicted molar refractivity (Wildman–Crippen MR) is 163 cm³/mol. The minimum atomic E-state index is -4.74. The van der Waals surface area contributed by atoms with Gasteiger partial charge in [0.15, 0.2) is 17.2 Å². The van der Waals surface area contributed by atoms with Crippen LogP contribution < -0.4 is 10.6 Å². The van der Waals surface area contributed by atoms with E-state index < -0.39 is 18.5 Å². The molecule has 0 spiro atoms. The molecule has 1 aromatic carbocycles. The number of carboxylic acid groups (broad SMARTS) is 1. The molecule has 0 atom stereocenters. The topological polar surface area (TPSA) is 148 Å². The molecule has 5 rings (SSSR count). The number of nitrogens with one attached hydrogen (secondary N) is 2. The smallest absolute Gasteiger partial charge is 0.435 e. The van der Waals surface area contributed by atoms with Crippen molar-refractivity contribution < 1.29 is 41.7 Å². The van der Waals surface area contributed by atoms with Gasteiger partial charge in [0.1, 0.15) is 6.67 Å². The van der Waals surface area contributed by atoms with Crippen LogP contribution in [0, 0.1) is 0 Å². The fourth-order valence-corrected chi connectivity index (χ4v) is 5.00. The Morgan fingerprint density at radius 1 is 1.17 bits per heavy atom. The zero-order chi connectivity index (χ0) is 33.8. The van der Waals surface area contributed by atoms with Gasteiger partial charge < -0.3 is 25.2 Å². The number of benzene rings is 1. The zero-order valence-electron chi connectivity index (χ0n) is 25.7. The molecule has 1 fully saturated rings. The maximum atomic E-state index is 13.7. The summed E-state index contributed by atoms with van der Waals surface area (Å²) in [6.45, 7) is 6.00. The summed E-state index contributed by atoms with van der Waals surface area (Å²) >= 11 is 0. The van der Waals surface area contributed by atoms with Crippen LogP contribution in [0.3, 0.4) is 0 Å². The largest absolute Gasteiger partial charge is 0.483 e. The van der Waals surface area contributed by atoms with Crippen molar-refractivity contribution in [1.29, 1.82) is 0 Å². The Morgan fingerprint density at radius 2 is 1.94 bits per heavy atom. The molecule has 254 valence electrons. The molecular formula is C30H36F4N8O5. The van der Waals surface area contributed by atoms with E-state index in [1.165, 1.54) is 23.0 Å². The molecule has 13 nitrogen and oxygen atoms in total. The van der Waals surface area contributed by atoms with Crippen molar-refractivity contribution in [3.63, 3.8) is 0 Å². The van der Waals surface area contributed by atoms with Gasteiger partial charge in [0.05, 0.1) is 50.4 Å². The Balaban J connectivity index is 0.00000160. The quantitative estimate of drug-likeness (QED) is 0.110. The first-order chi connectivity index (χ1) is 22.7. The standard InChI is InChI=1S/C29H34F4N8O3.CH2O2/c1-2-20-17-21(3-4-22(20)28(42)35-7-13-43-14-10-39-11-15-44-16-12-39)37-26-27-36-18-24(41(27)9-6-34-26)23-19-40(8-5-30)38-25(23)29(31,32)33;2-1-3/h3-4,6,9,17-19H,2,5,7-8,10-16H2,1H3,(H,34,37)(H,35,42);1H,(H,2,3). The molecule has 0 radical (unpaired) electrons. The van der Waals surface area contributed by atoms with E-state index in [9.17, 15) is 22.4 Å². The van der Waals surface area contributed by atoms with E-state index in [1.807, 2.05) is 13.0 Å². The molecule has 1 aliphatic heterocycles. The SMILES string of the molecule is CCc1cc(Nc2nccn3c(-c4cn(CCF)nc4C(F)(F)F)cnc23)ccc1C(=O)NCCOCCN1CCOCC1.O=CO. The van der Waals surface area contributed by atoms with Crippen LogP contribution in [0.25, 0.3) is 16.9 Å². The Labute approximate surface area is 267 Å². The summed E-state index contributed by atoms with van der Waals surface area (Å²) in [5.74, 6) is 0.0917. The molecule has 3 N–H and O–H groups in total. The Hall–Kier alpha value is -4.61. The minimum Gasteiger partial charge on any atom is -0.483 e. The number of hydrogen-bond donors (Lipinski definition) is 3. The number of halogens is 4. The lowest BCUT2D eigenvalue weighted by Gasteiger charge is -2.26. The van der Waals surface area contributed by atoms with Crippen LogP contribution in [0.2, 0.25) is 0 Å². The number of imidazole rings is 1. The number of fused-ring (bicyclic) bond motifs is 1. The maximum absolute atomic E-state index is 13.7. The number of alkyl halides is 4. The van der Waals surface area contributed by atoms with Gasteiger partial charge >= 0.3 is 6.18 Å². The van der Waals surface area contributed by atoms with Crippen molar-refractivity contribution in [2.45, 2.75) is 26.1 Å². The summed E-state index contributed by atoms with van der Waals surface area (Å²) in [6, 6.07) is 5.26. The zero-order valence-corrected chi connectivity index (χ0v) is 25.7. The number of ether oxygens (including phenoxy) is 2. The Bertz CT molecular complexity index is 1620. The van der Waals surface area contributed by atoms with E-state index in [2.05, 4.69) is 30.6 Å². The summed E-state index contributed by atoms with van der Waals surface area (Å²) < 4.78 is 67.5. The van der Waals surface area contributed by atoms with Crippen LogP contribution in [0.15, 0.2) is 43.0 Å². The first-order valence-corrected chi connectivity index (χ1v) is 14.9. The molecule has 1 aliphatic rings. The first kappa shape index (κ1) is 35.2. The molecule has 1 saturated heterocycles. The molecule has 0 saturated carbocycles.